The summed E-state index contributed by atoms with van der Waals surface area (Å²) in [7, 11) is 0. The van der Waals surface area contributed by atoms with Crippen molar-refractivity contribution in [3.63, 3.8) is 0 Å². The van der Waals surface area contributed by atoms with Crippen LogP contribution in [0, 0.1) is 5.92 Å². The summed E-state index contributed by atoms with van der Waals surface area (Å²) in [6, 6.07) is 19.1. The van der Waals surface area contributed by atoms with Gasteiger partial charge in [0.25, 0.3) is 0 Å². The molecule has 2 unspecified atom stereocenters. The van der Waals surface area contributed by atoms with Gasteiger partial charge in [-0.15, -0.1) is 0 Å². The van der Waals surface area contributed by atoms with E-state index in [0.29, 0.717) is 5.92 Å². The van der Waals surface area contributed by atoms with Gasteiger partial charge in [-0.05, 0) is 41.3 Å². The highest BCUT2D eigenvalue weighted by atomic mass is 35.5. The highest BCUT2D eigenvalue weighted by molar-refractivity contribution is 6.30. The number of hydrogen-bond acceptors (Lipinski definition) is 1. The van der Waals surface area contributed by atoms with Crippen LogP contribution >= 0.6 is 11.6 Å². The van der Waals surface area contributed by atoms with Gasteiger partial charge in [0, 0.05) is 30.6 Å². The van der Waals surface area contributed by atoms with Crippen molar-refractivity contribution in [1.82, 2.24) is 4.90 Å². The third kappa shape index (κ3) is 2.75. The predicted octanol–water partition coefficient (Wildman–Crippen LogP) is 5.14. The number of benzene rings is 2. The second kappa shape index (κ2) is 5.99. The topological polar surface area (TPSA) is 3.24 Å². The van der Waals surface area contributed by atoms with Crippen LogP contribution < -0.4 is 0 Å². The van der Waals surface area contributed by atoms with Crippen molar-refractivity contribution < 1.29 is 0 Å². The smallest absolute Gasteiger partial charge is 0.0406 e. The molecule has 0 amide bonds. The summed E-state index contributed by atoms with van der Waals surface area (Å²) in [6.07, 6.45) is 2.40. The second-order valence-electron chi connectivity index (χ2n) is 6.47. The molecule has 2 bridgehead atoms. The van der Waals surface area contributed by atoms with E-state index < -0.39 is 0 Å². The van der Waals surface area contributed by atoms with Gasteiger partial charge in [-0.1, -0.05) is 65.7 Å². The fraction of sp³-hybridized carbons (Fsp3) is 0.238. The van der Waals surface area contributed by atoms with E-state index in [2.05, 4.69) is 60.4 Å². The van der Waals surface area contributed by atoms with Crippen LogP contribution in [0.5, 0.6) is 0 Å². The molecule has 0 spiro atoms. The first-order valence-corrected chi connectivity index (χ1v) is 8.53. The maximum Gasteiger partial charge on any atom is 0.0406 e. The Balaban J connectivity index is 1.80. The normalized spacial score (nSPS) is 23.7. The molecule has 0 radical (unpaired) electrons. The van der Waals surface area contributed by atoms with Crippen LogP contribution in [0.2, 0.25) is 5.02 Å². The maximum absolute atomic E-state index is 6.07. The number of fused-ring (bicyclic) bond motifs is 2. The minimum absolute atomic E-state index is 0.445. The predicted molar refractivity (Wildman–Crippen MR) is 98.4 cm³/mol. The highest BCUT2D eigenvalue weighted by Gasteiger charge is 2.32. The van der Waals surface area contributed by atoms with E-state index in [1.165, 1.54) is 27.8 Å². The Morgan fingerprint density at radius 1 is 0.957 bits per heavy atom. The van der Waals surface area contributed by atoms with E-state index in [4.69, 9.17) is 11.6 Å². The number of rotatable bonds is 2. The summed E-state index contributed by atoms with van der Waals surface area (Å²) < 4.78 is 0. The van der Waals surface area contributed by atoms with Gasteiger partial charge in [-0.3, -0.25) is 4.90 Å². The summed E-state index contributed by atoms with van der Waals surface area (Å²) in [5, 5.41) is 0.797. The van der Waals surface area contributed by atoms with Gasteiger partial charge in [0.15, 0.2) is 0 Å². The van der Waals surface area contributed by atoms with Gasteiger partial charge in [-0.25, -0.2) is 0 Å². The highest BCUT2D eigenvalue weighted by Crippen LogP contribution is 2.42. The third-order valence-electron chi connectivity index (χ3n) is 4.92. The van der Waals surface area contributed by atoms with Crippen molar-refractivity contribution in [3.05, 3.63) is 82.4 Å². The second-order valence-corrected chi connectivity index (χ2v) is 6.91. The molecule has 2 aromatic rings. The number of hydrogen-bond donors (Lipinski definition) is 0. The van der Waals surface area contributed by atoms with Crippen LogP contribution in [-0.2, 0) is 0 Å². The Kier molecular flexibility index (Phi) is 3.84. The summed E-state index contributed by atoms with van der Waals surface area (Å²) in [6.45, 7) is 5.50. The van der Waals surface area contributed by atoms with Crippen LogP contribution in [-0.4, -0.2) is 24.5 Å². The summed E-state index contributed by atoms with van der Waals surface area (Å²) >= 11 is 6.07. The van der Waals surface area contributed by atoms with Crippen LogP contribution in [0.15, 0.2) is 66.2 Å². The molecule has 1 nitrogen and oxygen atoms in total. The molecule has 2 aliphatic rings. The average Bonchev–Trinajstić information content (AvgIpc) is 2.57. The lowest BCUT2D eigenvalue weighted by Crippen LogP contribution is -2.40. The molecule has 0 aromatic heterocycles. The minimum Gasteiger partial charge on any atom is -0.295 e. The average molecular weight is 322 g/mol. The zero-order valence-electron chi connectivity index (χ0n) is 13.3. The SMILES string of the molecule is CC1=C(c2ccccc2)C2CN(CC=C2c2ccc(Cl)cc2)C1. The molecule has 4 rings (SSSR count). The minimum atomic E-state index is 0.445. The quantitative estimate of drug-likeness (QED) is 0.740. The summed E-state index contributed by atoms with van der Waals surface area (Å²) in [5.41, 5.74) is 7.09. The molecule has 0 N–H and O–H groups in total. The number of halogens is 1. The molecule has 2 heterocycles. The first-order chi connectivity index (χ1) is 11.2. The maximum atomic E-state index is 6.07. The van der Waals surface area contributed by atoms with Crippen LogP contribution in [0.4, 0.5) is 0 Å². The summed E-state index contributed by atoms with van der Waals surface area (Å²) in [4.78, 5) is 2.53. The third-order valence-corrected chi connectivity index (χ3v) is 5.17. The van der Waals surface area contributed by atoms with E-state index in [-0.39, 0.29) is 0 Å². The van der Waals surface area contributed by atoms with Crippen molar-refractivity contribution >= 4 is 22.7 Å². The monoisotopic (exact) mass is 321 g/mol. The molecule has 0 saturated heterocycles. The molecule has 0 saturated carbocycles. The molecule has 23 heavy (non-hydrogen) atoms. The molecule has 0 aliphatic carbocycles. The van der Waals surface area contributed by atoms with E-state index >= 15 is 0 Å². The van der Waals surface area contributed by atoms with Crippen molar-refractivity contribution in [2.45, 2.75) is 6.92 Å². The summed E-state index contributed by atoms with van der Waals surface area (Å²) in [5.74, 6) is 0.445. The molecule has 2 aromatic carbocycles. The largest absolute Gasteiger partial charge is 0.295 e. The van der Waals surface area contributed by atoms with Gasteiger partial charge in [0.1, 0.15) is 0 Å². The lowest BCUT2D eigenvalue weighted by atomic mass is 9.76. The fourth-order valence-corrected chi connectivity index (χ4v) is 4.05. The molecule has 2 heteroatoms. The van der Waals surface area contributed by atoms with E-state index in [9.17, 15) is 0 Å². The van der Waals surface area contributed by atoms with Gasteiger partial charge < -0.3 is 0 Å². The lowest BCUT2D eigenvalue weighted by molar-refractivity contribution is 0.293. The molecular formula is C21H20ClN. The van der Waals surface area contributed by atoms with Crippen molar-refractivity contribution in [3.8, 4) is 0 Å². The van der Waals surface area contributed by atoms with Crippen LogP contribution in [0.1, 0.15) is 18.1 Å². The van der Waals surface area contributed by atoms with Crippen molar-refractivity contribution in [1.29, 1.82) is 0 Å². The Hall–Kier alpha value is -1.83. The molecule has 0 fully saturated rings. The molecule has 2 atom stereocenters. The lowest BCUT2D eigenvalue weighted by Gasteiger charge is -2.40. The Morgan fingerprint density at radius 3 is 2.43 bits per heavy atom. The van der Waals surface area contributed by atoms with Gasteiger partial charge in [0.2, 0.25) is 0 Å². The van der Waals surface area contributed by atoms with E-state index in [1.54, 1.807) is 0 Å². The van der Waals surface area contributed by atoms with Crippen LogP contribution in [0.3, 0.4) is 0 Å². The molecule has 2 aliphatic heterocycles. The standard InChI is InChI=1S/C21H20ClN/c1-15-13-23-12-11-19(16-7-9-18(22)10-8-16)20(14-23)21(15)17-5-3-2-4-6-17/h2-11,20H,12-14H2,1H3. The van der Waals surface area contributed by atoms with Crippen LogP contribution in [0.25, 0.3) is 11.1 Å². The van der Waals surface area contributed by atoms with E-state index in [1.807, 2.05) is 12.1 Å². The molecule has 116 valence electrons. The first-order valence-electron chi connectivity index (χ1n) is 8.16. The van der Waals surface area contributed by atoms with Gasteiger partial charge in [-0.2, -0.15) is 0 Å². The zero-order valence-corrected chi connectivity index (χ0v) is 14.1. The Labute approximate surface area is 142 Å². The van der Waals surface area contributed by atoms with Crippen molar-refractivity contribution in [2.75, 3.05) is 19.6 Å². The van der Waals surface area contributed by atoms with E-state index in [0.717, 1.165) is 24.7 Å². The fourth-order valence-electron chi connectivity index (χ4n) is 3.92. The Bertz CT molecular complexity index is 771. The van der Waals surface area contributed by atoms with Crippen molar-refractivity contribution in [2.24, 2.45) is 5.92 Å². The van der Waals surface area contributed by atoms with Gasteiger partial charge in [0.05, 0.1) is 0 Å². The zero-order chi connectivity index (χ0) is 15.8. The Morgan fingerprint density at radius 2 is 1.70 bits per heavy atom. The first kappa shape index (κ1) is 14.7. The number of nitrogens with zero attached hydrogens (tertiary/aromatic N) is 1. The van der Waals surface area contributed by atoms with Gasteiger partial charge >= 0.3 is 0 Å². The molecular weight excluding hydrogens is 302 g/mol.